The molecular formula is C16H30IN3OS. The normalized spacial score (nSPS) is 12.6. The zero-order valence-corrected chi connectivity index (χ0v) is 17.1. The van der Waals surface area contributed by atoms with Gasteiger partial charge in [0, 0.05) is 39.3 Å². The average molecular weight is 439 g/mol. The second kappa shape index (κ2) is 14.3. The minimum atomic E-state index is 0. The van der Waals surface area contributed by atoms with E-state index in [2.05, 4.69) is 46.3 Å². The van der Waals surface area contributed by atoms with Gasteiger partial charge < -0.3 is 15.4 Å². The molecule has 0 saturated carbocycles. The van der Waals surface area contributed by atoms with Gasteiger partial charge in [-0.3, -0.25) is 4.99 Å². The molecule has 1 unspecified atom stereocenters. The van der Waals surface area contributed by atoms with Crippen molar-refractivity contribution in [2.24, 2.45) is 4.99 Å². The molecule has 4 nitrogen and oxygen atoms in total. The minimum Gasteiger partial charge on any atom is -0.385 e. The molecule has 0 spiro atoms. The lowest BCUT2D eigenvalue weighted by Gasteiger charge is -2.13. The number of hydrogen-bond donors (Lipinski definition) is 2. The number of ether oxygens (including phenoxy) is 1. The quantitative estimate of drug-likeness (QED) is 0.252. The molecule has 2 N–H and O–H groups in total. The molecule has 0 amide bonds. The molecule has 0 aromatic carbocycles. The second-order valence-electron chi connectivity index (χ2n) is 5.16. The maximum atomic E-state index is 5.05. The summed E-state index contributed by atoms with van der Waals surface area (Å²) in [7, 11) is 1.75. The lowest BCUT2D eigenvalue weighted by molar-refractivity contribution is 0.192. The predicted molar refractivity (Wildman–Crippen MR) is 108 cm³/mol. The number of unbranched alkanes of at least 4 members (excludes halogenated alkanes) is 2. The van der Waals surface area contributed by atoms with E-state index < -0.39 is 0 Å². The largest absolute Gasteiger partial charge is 0.385 e. The van der Waals surface area contributed by atoms with E-state index in [1.165, 1.54) is 12.0 Å². The van der Waals surface area contributed by atoms with Gasteiger partial charge in [0.2, 0.25) is 0 Å². The first kappa shape index (κ1) is 21.7. The van der Waals surface area contributed by atoms with Gasteiger partial charge in [-0.2, -0.15) is 11.3 Å². The van der Waals surface area contributed by atoms with Crippen LogP contribution in [-0.4, -0.2) is 39.3 Å². The molecule has 1 aromatic heterocycles. The first-order chi connectivity index (χ1) is 10.3. The van der Waals surface area contributed by atoms with Crippen LogP contribution < -0.4 is 10.6 Å². The summed E-state index contributed by atoms with van der Waals surface area (Å²) in [5.74, 6) is 1.39. The van der Waals surface area contributed by atoms with Crippen molar-refractivity contribution in [3.05, 3.63) is 22.4 Å². The number of methoxy groups -OCH3 is 1. The van der Waals surface area contributed by atoms with Gasteiger partial charge in [0.1, 0.15) is 0 Å². The van der Waals surface area contributed by atoms with Crippen LogP contribution in [0.4, 0.5) is 0 Å². The molecule has 0 aliphatic heterocycles. The maximum Gasteiger partial charge on any atom is 0.191 e. The third-order valence-corrected chi connectivity index (χ3v) is 4.00. The van der Waals surface area contributed by atoms with Crippen LogP contribution in [0.2, 0.25) is 0 Å². The summed E-state index contributed by atoms with van der Waals surface area (Å²) in [6, 6.07) is 2.18. The Bertz CT molecular complexity index is 385. The van der Waals surface area contributed by atoms with Crippen LogP contribution in [0.1, 0.15) is 44.6 Å². The topological polar surface area (TPSA) is 45.7 Å². The summed E-state index contributed by atoms with van der Waals surface area (Å²) in [6.07, 6.45) is 3.46. The summed E-state index contributed by atoms with van der Waals surface area (Å²) in [5.41, 5.74) is 1.37. The summed E-state index contributed by atoms with van der Waals surface area (Å²) in [6.45, 7) is 7.84. The van der Waals surface area contributed by atoms with E-state index >= 15 is 0 Å². The molecule has 0 bridgehead atoms. The highest BCUT2D eigenvalue weighted by molar-refractivity contribution is 14.0. The monoisotopic (exact) mass is 439 g/mol. The van der Waals surface area contributed by atoms with Crippen LogP contribution in [-0.2, 0) is 4.74 Å². The molecule has 1 aromatic rings. The van der Waals surface area contributed by atoms with E-state index in [4.69, 9.17) is 4.74 Å². The van der Waals surface area contributed by atoms with Gasteiger partial charge in [-0.1, -0.05) is 6.92 Å². The molecule has 22 heavy (non-hydrogen) atoms. The molecule has 0 aliphatic rings. The fraction of sp³-hybridized carbons (Fsp3) is 0.688. The number of rotatable bonds is 10. The minimum absolute atomic E-state index is 0. The summed E-state index contributed by atoms with van der Waals surface area (Å²) >= 11 is 1.75. The highest BCUT2D eigenvalue weighted by Gasteiger charge is 2.05. The fourth-order valence-corrected chi connectivity index (χ4v) is 2.77. The Labute approximate surface area is 156 Å². The van der Waals surface area contributed by atoms with Gasteiger partial charge in [0.25, 0.3) is 0 Å². The van der Waals surface area contributed by atoms with E-state index in [0.717, 1.165) is 45.0 Å². The highest BCUT2D eigenvalue weighted by Crippen LogP contribution is 2.18. The third-order valence-electron chi connectivity index (χ3n) is 3.30. The Balaban J connectivity index is 0.00000441. The molecular weight excluding hydrogens is 409 g/mol. The second-order valence-corrected chi connectivity index (χ2v) is 5.94. The maximum absolute atomic E-state index is 5.05. The molecule has 0 fully saturated rings. The first-order valence-corrected chi connectivity index (χ1v) is 8.75. The van der Waals surface area contributed by atoms with Gasteiger partial charge in [0.15, 0.2) is 5.96 Å². The summed E-state index contributed by atoms with van der Waals surface area (Å²) in [4.78, 5) is 4.68. The molecule has 1 rings (SSSR count). The third kappa shape index (κ3) is 9.63. The predicted octanol–water partition coefficient (Wildman–Crippen LogP) is 3.84. The van der Waals surface area contributed by atoms with Crippen molar-refractivity contribution >= 4 is 41.3 Å². The van der Waals surface area contributed by atoms with Crippen LogP contribution in [0.15, 0.2) is 21.8 Å². The van der Waals surface area contributed by atoms with Crippen LogP contribution in [0.25, 0.3) is 0 Å². The Morgan fingerprint density at radius 2 is 2.14 bits per heavy atom. The number of halogens is 1. The molecule has 128 valence electrons. The Hall–Kier alpha value is -0.340. The van der Waals surface area contributed by atoms with E-state index in [1.807, 2.05) is 0 Å². The number of nitrogens with zero attached hydrogens (tertiary/aromatic N) is 1. The zero-order valence-electron chi connectivity index (χ0n) is 13.9. The summed E-state index contributed by atoms with van der Waals surface area (Å²) in [5, 5.41) is 11.0. The van der Waals surface area contributed by atoms with E-state index in [9.17, 15) is 0 Å². The number of guanidine groups is 1. The number of thiophene rings is 1. The van der Waals surface area contributed by atoms with Crippen LogP contribution in [0.3, 0.4) is 0 Å². The Kier molecular flexibility index (Phi) is 14.0. The number of hydrogen-bond acceptors (Lipinski definition) is 3. The van der Waals surface area contributed by atoms with Crippen molar-refractivity contribution in [3.8, 4) is 0 Å². The molecule has 0 radical (unpaired) electrons. The Morgan fingerprint density at radius 1 is 1.32 bits per heavy atom. The van der Waals surface area contributed by atoms with Crippen LogP contribution >= 0.6 is 35.3 Å². The zero-order chi connectivity index (χ0) is 15.3. The SMILES string of the molecule is CCNC(=NCC(C)c1ccsc1)NCCCCCOC.I. The van der Waals surface area contributed by atoms with E-state index in [0.29, 0.717) is 5.92 Å². The lowest BCUT2D eigenvalue weighted by Crippen LogP contribution is -2.38. The van der Waals surface area contributed by atoms with Crippen molar-refractivity contribution in [2.75, 3.05) is 33.4 Å². The average Bonchev–Trinajstić information content (AvgIpc) is 3.02. The van der Waals surface area contributed by atoms with Crippen LogP contribution in [0, 0.1) is 0 Å². The smallest absolute Gasteiger partial charge is 0.191 e. The molecule has 0 aliphatic carbocycles. The van der Waals surface area contributed by atoms with Crippen molar-refractivity contribution in [1.29, 1.82) is 0 Å². The number of aliphatic imine (C=N–C) groups is 1. The lowest BCUT2D eigenvalue weighted by atomic mass is 10.1. The Morgan fingerprint density at radius 3 is 2.77 bits per heavy atom. The standard InChI is InChI=1S/C16H29N3OS.HI/c1-4-17-16(18-9-6-5-7-10-20-3)19-12-14(2)15-8-11-21-13-15;/h8,11,13-14H,4-7,9-10,12H2,1-3H3,(H2,17,18,19);1H. The molecule has 1 heterocycles. The van der Waals surface area contributed by atoms with Crippen molar-refractivity contribution in [3.63, 3.8) is 0 Å². The van der Waals surface area contributed by atoms with Gasteiger partial charge in [-0.15, -0.1) is 24.0 Å². The van der Waals surface area contributed by atoms with Gasteiger partial charge in [-0.25, -0.2) is 0 Å². The first-order valence-electron chi connectivity index (χ1n) is 7.81. The van der Waals surface area contributed by atoms with Crippen molar-refractivity contribution in [2.45, 2.75) is 39.0 Å². The van der Waals surface area contributed by atoms with Crippen molar-refractivity contribution < 1.29 is 4.74 Å². The van der Waals surface area contributed by atoms with Gasteiger partial charge in [-0.05, 0) is 48.6 Å². The highest BCUT2D eigenvalue weighted by atomic mass is 127. The van der Waals surface area contributed by atoms with Crippen molar-refractivity contribution in [1.82, 2.24) is 10.6 Å². The number of nitrogens with one attached hydrogen (secondary N) is 2. The molecule has 0 saturated heterocycles. The van der Waals surface area contributed by atoms with Crippen LogP contribution in [0.5, 0.6) is 0 Å². The van der Waals surface area contributed by atoms with E-state index in [-0.39, 0.29) is 24.0 Å². The fourth-order valence-electron chi connectivity index (χ4n) is 1.99. The molecule has 1 atom stereocenters. The van der Waals surface area contributed by atoms with E-state index in [1.54, 1.807) is 18.4 Å². The van der Waals surface area contributed by atoms with Gasteiger partial charge in [0.05, 0.1) is 0 Å². The van der Waals surface area contributed by atoms with Gasteiger partial charge >= 0.3 is 0 Å². The summed E-state index contributed by atoms with van der Waals surface area (Å²) < 4.78 is 5.05. The molecule has 6 heteroatoms.